The fourth-order valence-corrected chi connectivity index (χ4v) is 1.56. The van der Waals surface area contributed by atoms with Gasteiger partial charge in [0.15, 0.2) is 0 Å². The number of carbonyl (C=O) groups excluding carboxylic acids is 1. The zero-order valence-electron chi connectivity index (χ0n) is 10.4. The molecule has 4 N–H and O–H groups in total. The van der Waals surface area contributed by atoms with Crippen LogP contribution in [0.15, 0.2) is 18.2 Å². The highest BCUT2D eigenvalue weighted by atomic mass is 19.1. The molecule has 1 rings (SSSR count). The van der Waals surface area contributed by atoms with Gasteiger partial charge in [-0.3, -0.25) is 4.79 Å². The number of rotatable bonds is 6. The number of carbonyl (C=O) groups is 1. The molecule has 0 radical (unpaired) electrons. The minimum absolute atomic E-state index is 0.0864. The van der Waals surface area contributed by atoms with E-state index >= 15 is 0 Å². The van der Waals surface area contributed by atoms with Crippen molar-refractivity contribution < 1.29 is 14.3 Å². The predicted molar refractivity (Wildman–Crippen MR) is 67.9 cm³/mol. The molecule has 0 saturated heterocycles. The lowest BCUT2D eigenvalue weighted by Crippen LogP contribution is -2.25. The second-order valence-electron chi connectivity index (χ2n) is 4.40. The van der Waals surface area contributed by atoms with Gasteiger partial charge in [-0.1, -0.05) is 6.92 Å². The molecule has 100 valence electrons. The van der Waals surface area contributed by atoms with Crippen LogP contribution in [0.25, 0.3) is 0 Å². The monoisotopic (exact) mass is 254 g/mol. The van der Waals surface area contributed by atoms with E-state index in [0.29, 0.717) is 19.0 Å². The summed E-state index contributed by atoms with van der Waals surface area (Å²) in [5.41, 5.74) is 5.57. The topological polar surface area (TPSA) is 75.3 Å². The number of phenols is 1. The molecule has 1 unspecified atom stereocenters. The first-order valence-corrected chi connectivity index (χ1v) is 6.01. The molecule has 5 heteroatoms. The van der Waals surface area contributed by atoms with Crippen molar-refractivity contribution in [1.29, 1.82) is 0 Å². The number of hydrogen-bond donors (Lipinski definition) is 3. The first-order chi connectivity index (χ1) is 8.54. The molecule has 1 atom stereocenters. The molecule has 18 heavy (non-hydrogen) atoms. The molecule has 4 nitrogen and oxygen atoms in total. The lowest BCUT2D eigenvalue weighted by atomic mass is 10.1. The Hall–Kier alpha value is -1.62. The molecular formula is C13H19FN2O2. The minimum Gasteiger partial charge on any atom is -0.507 e. The molecule has 0 aliphatic carbocycles. The highest BCUT2D eigenvalue weighted by Crippen LogP contribution is 2.17. The average Bonchev–Trinajstić information content (AvgIpc) is 2.34. The quantitative estimate of drug-likeness (QED) is 0.675. The van der Waals surface area contributed by atoms with Crippen LogP contribution in [0.3, 0.4) is 0 Å². The third-order valence-corrected chi connectivity index (χ3v) is 2.77. The smallest absolute Gasteiger partial charge is 0.255 e. The normalized spacial score (nSPS) is 12.2. The molecule has 0 aliphatic rings. The first-order valence-electron chi connectivity index (χ1n) is 6.01. The van der Waals surface area contributed by atoms with Crippen LogP contribution in [-0.2, 0) is 0 Å². The SMILES string of the molecule is CC(CN)CCCNC(=O)c1ccc(F)cc1O. The van der Waals surface area contributed by atoms with E-state index in [1.165, 1.54) is 6.07 Å². The maximum Gasteiger partial charge on any atom is 0.255 e. The van der Waals surface area contributed by atoms with Crippen molar-refractivity contribution in [3.63, 3.8) is 0 Å². The summed E-state index contributed by atoms with van der Waals surface area (Å²) in [6.07, 6.45) is 1.76. The van der Waals surface area contributed by atoms with Crippen LogP contribution >= 0.6 is 0 Å². The Bertz CT molecular complexity index is 410. The molecule has 0 spiro atoms. The van der Waals surface area contributed by atoms with E-state index in [1.807, 2.05) is 6.92 Å². The predicted octanol–water partition coefficient (Wildman–Crippen LogP) is 1.64. The largest absolute Gasteiger partial charge is 0.507 e. The number of amides is 1. The fourth-order valence-electron chi connectivity index (χ4n) is 1.56. The number of halogens is 1. The van der Waals surface area contributed by atoms with Gasteiger partial charge in [0.1, 0.15) is 11.6 Å². The van der Waals surface area contributed by atoms with Crippen molar-refractivity contribution in [1.82, 2.24) is 5.32 Å². The molecule has 0 bridgehead atoms. The van der Waals surface area contributed by atoms with Crippen LogP contribution < -0.4 is 11.1 Å². The Morgan fingerprint density at radius 2 is 2.28 bits per heavy atom. The van der Waals surface area contributed by atoms with Gasteiger partial charge in [-0.2, -0.15) is 0 Å². The van der Waals surface area contributed by atoms with Gasteiger partial charge >= 0.3 is 0 Å². The van der Waals surface area contributed by atoms with E-state index in [-0.39, 0.29) is 11.3 Å². The van der Waals surface area contributed by atoms with E-state index < -0.39 is 11.7 Å². The van der Waals surface area contributed by atoms with Crippen LogP contribution in [0.5, 0.6) is 5.75 Å². The molecule has 0 heterocycles. The number of nitrogens with one attached hydrogen (secondary N) is 1. The van der Waals surface area contributed by atoms with Crippen LogP contribution in [0.2, 0.25) is 0 Å². The Morgan fingerprint density at radius 1 is 1.56 bits per heavy atom. The fraction of sp³-hybridized carbons (Fsp3) is 0.462. The van der Waals surface area contributed by atoms with Gasteiger partial charge < -0.3 is 16.2 Å². The van der Waals surface area contributed by atoms with Gasteiger partial charge in [0.25, 0.3) is 5.91 Å². The highest BCUT2D eigenvalue weighted by molar-refractivity contribution is 5.96. The number of hydrogen-bond acceptors (Lipinski definition) is 3. The summed E-state index contributed by atoms with van der Waals surface area (Å²) in [6.45, 7) is 3.19. The van der Waals surface area contributed by atoms with Gasteiger partial charge in [-0.05, 0) is 37.4 Å². The lowest BCUT2D eigenvalue weighted by Gasteiger charge is -2.09. The third-order valence-electron chi connectivity index (χ3n) is 2.77. The van der Waals surface area contributed by atoms with E-state index in [2.05, 4.69) is 5.32 Å². The third kappa shape index (κ3) is 4.33. The molecular weight excluding hydrogens is 235 g/mol. The Morgan fingerprint density at radius 3 is 2.89 bits per heavy atom. The van der Waals surface area contributed by atoms with Crippen molar-refractivity contribution in [2.24, 2.45) is 11.7 Å². The molecule has 1 aromatic rings. The Kier molecular flexibility index (Phi) is 5.58. The highest BCUT2D eigenvalue weighted by Gasteiger charge is 2.11. The maximum absolute atomic E-state index is 12.7. The van der Waals surface area contributed by atoms with Gasteiger partial charge in [-0.15, -0.1) is 0 Å². The van der Waals surface area contributed by atoms with E-state index in [9.17, 15) is 14.3 Å². The Balaban J connectivity index is 2.41. The summed E-state index contributed by atoms with van der Waals surface area (Å²) in [7, 11) is 0. The van der Waals surface area contributed by atoms with Crippen molar-refractivity contribution >= 4 is 5.91 Å². The zero-order valence-corrected chi connectivity index (χ0v) is 10.4. The molecule has 1 amide bonds. The van der Waals surface area contributed by atoms with Gasteiger partial charge in [0.2, 0.25) is 0 Å². The van der Waals surface area contributed by atoms with Gasteiger partial charge in [0, 0.05) is 12.6 Å². The van der Waals surface area contributed by atoms with Crippen molar-refractivity contribution in [3.05, 3.63) is 29.6 Å². The minimum atomic E-state index is -0.569. The molecule has 0 saturated carbocycles. The average molecular weight is 254 g/mol. The van der Waals surface area contributed by atoms with Crippen LogP contribution in [0.4, 0.5) is 4.39 Å². The molecule has 0 aromatic heterocycles. The standard InChI is InChI=1S/C13H19FN2O2/c1-9(8-15)3-2-6-16-13(18)11-5-4-10(14)7-12(11)17/h4-5,7,9,17H,2-3,6,8,15H2,1H3,(H,16,18). The van der Waals surface area contributed by atoms with Gasteiger partial charge in [0.05, 0.1) is 5.56 Å². The van der Waals surface area contributed by atoms with E-state index in [4.69, 9.17) is 5.73 Å². The molecule has 1 aromatic carbocycles. The first kappa shape index (κ1) is 14.4. The van der Waals surface area contributed by atoms with Crippen LogP contribution in [0.1, 0.15) is 30.1 Å². The van der Waals surface area contributed by atoms with Crippen molar-refractivity contribution in [2.45, 2.75) is 19.8 Å². The molecule has 0 aliphatic heterocycles. The number of benzene rings is 1. The molecule has 0 fully saturated rings. The van der Waals surface area contributed by atoms with Crippen molar-refractivity contribution in [2.75, 3.05) is 13.1 Å². The van der Waals surface area contributed by atoms with Crippen LogP contribution in [-0.4, -0.2) is 24.1 Å². The van der Waals surface area contributed by atoms with E-state index in [1.54, 1.807) is 0 Å². The van der Waals surface area contributed by atoms with Crippen molar-refractivity contribution in [3.8, 4) is 5.75 Å². The maximum atomic E-state index is 12.7. The second kappa shape index (κ2) is 6.96. The summed E-state index contributed by atoms with van der Waals surface area (Å²) in [6, 6.07) is 3.33. The van der Waals surface area contributed by atoms with Crippen LogP contribution in [0, 0.1) is 11.7 Å². The lowest BCUT2D eigenvalue weighted by molar-refractivity contribution is 0.0950. The zero-order chi connectivity index (χ0) is 13.5. The number of nitrogens with two attached hydrogens (primary N) is 1. The van der Waals surface area contributed by atoms with Gasteiger partial charge in [-0.25, -0.2) is 4.39 Å². The summed E-state index contributed by atoms with van der Waals surface area (Å²) in [5, 5.41) is 12.1. The second-order valence-corrected chi connectivity index (χ2v) is 4.40. The number of aromatic hydroxyl groups is 1. The summed E-state index contributed by atoms with van der Waals surface area (Å²) in [5.74, 6) is -0.877. The summed E-state index contributed by atoms with van der Waals surface area (Å²) >= 11 is 0. The summed E-state index contributed by atoms with van der Waals surface area (Å²) < 4.78 is 12.7. The van der Waals surface area contributed by atoms with E-state index in [0.717, 1.165) is 25.0 Å². The number of phenolic OH excluding ortho intramolecular Hbond substituents is 1. The summed E-state index contributed by atoms with van der Waals surface area (Å²) in [4.78, 5) is 11.7. The Labute approximate surface area is 106 Å².